The van der Waals surface area contributed by atoms with Gasteiger partial charge in [0.2, 0.25) is 0 Å². The summed E-state index contributed by atoms with van der Waals surface area (Å²) in [7, 11) is -2.08. The van der Waals surface area contributed by atoms with Crippen LogP contribution in [0, 0.1) is 0 Å². The first-order valence-electron chi connectivity index (χ1n) is 11.0. The zero-order valence-corrected chi connectivity index (χ0v) is 22.4. The van der Waals surface area contributed by atoms with E-state index in [4.69, 9.17) is 4.43 Å². The molecule has 2 aromatic rings. The van der Waals surface area contributed by atoms with Crippen LogP contribution in [0.25, 0.3) is 0 Å². The van der Waals surface area contributed by atoms with Crippen LogP contribution in [0.15, 0.2) is 59.5 Å². The third-order valence-electron chi connectivity index (χ3n) is 6.36. The molecule has 0 aliphatic rings. The Morgan fingerprint density at radius 3 is 1.94 bits per heavy atom. The molecule has 0 aliphatic heterocycles. The molecule has 2 rings (SSSR count). The van der Waals surface area contributed by atoms with Gasteiger partial charge in [-0.1, -0.05) is 63.2 Å². The second-order valence-corrected chi connectivity index (χ2v) is 15.9. The molecule has 1 amide bonds. The summed E-state index contributed by atoms with van der Waals surface area (Å²) in [5.74, 6) is -0.00350. The van der Waals surface area contributed by atoms with E-state index in [-0.39, 0.29) is 22.9 Å². The van der Waals surface area contributed by atoms with Crippen molar-refractivity contribution in [1.29, 1.82) is 0 Å². The molecule has 0 fully saturated rings. The largest absolute Gasteiger partial charge is 0.403 e. The highest BCUT2D eigenvalue weighted by Gasteiger charge is 2.44. The van der Waals surface area contributed by atoms with Crippen LogP contribution in [-0.4, -0.2) is 32.1 Å². The van der Waals surface area contributed by atoms with Gasteiger partial charge in [0, 0.05) is 16.9 Å². The lowest BCUT2D eigenvalue weighted by atomic mass is 9.85. The highest BCUT2D eigenvalue weighted by Crippen LogP contribution is 2.39. The topological polar surface area (TPSA) is 38.3 Å². The maximum Gasteiger partial charge on any atom is 0.250 e. The monoisotopic (exact) mass is 457 g/mol. The van der Waals surface area contributed by atoms with Crippen LogP contribution in [0.5, 0.6) is 0 Å². The number of hydrogen-bond acceptors (Lipinski definition) is 3. The molecule has 2 unspecified atom stereocenters. The Morgan fingerprint density at radius 2 is 1.45 bits per heavy atom. The number of nitrogens with one attached hydrogen (secondary N) is 1. The van der Waals surface area contributed by atoms with E-state index < -0.39 is 13.9 Å². The minimum atomic E-state index is -2.08. The van der Waals surface area contributed by atoms with Gasteiger partial charge in [-0.25, -0.2) is 0 Å². The van der Waals surface area contributed by atoms with Gasteiger partial charge in [-0.05, 0) is 68.4 Å². The van der Waals surface area contributed by atoms with E-state index in [0.29, 0.717) is 0 Å². The van der Waals surface area contributed by atoms with Crippen molar-refractivity contribution in [1.82, 2.24) is 5.32 Å². The fourth-order valence-electron chi connectivity index (χ4n) is 3.54. The molecule has 2 atom stereocenters. The number of carbonyl (C=O) groups is 1. The first-order chi connectivity index (χ1) is 14.3. The standard InChI is InChI=1S/C26H39NO2SSi/c1-19(27-24(28)26(5,6)29-31(8,9)25(2,3)4)23(20-13-11-10-12-14-20)21-15-17-22(30-7)18-16-21/h10-19,23H,1-9H3,(H,27,28). The van der Waals surface area contributed by atoms with Crippen molar-refractivity contribution in [2.75, 3.05) is 6.26 Å². The van der Waals surface area contributed by atoms with E-state index in [9.17, 15) is 4.79 Å². The number of thioether (sulfide) groups is 1. The van der Waals surface area contributed by atoms with Crippen LogP contribution in [0.2, 0.25) is 18.1 Å². The molecule has 0 bridgehead atoms. The van der Waals surface area contributed by atoms with Crippen LogP contribution in [0.1, 0.15) is 58.6 Å². The Kier molecular flexibility index (Phi) is 8.23. The van der Waals surface area contributed by atoms with Gasteiger partial charge in [0.05, 0.1) is 0 Å². The molecule has 1 N–H and O–H groups in total. The molecule has 0 aromatic heterocycles. The zero-order chi connectivity index (χ0) is 23.4. The zero-order valence-electron chi connectivity index (χ0n) is 20.6. The van der Waals surface area contributed by atoms with E-state index in [1.165, 1.54) is 16.0 Å². The van der Waals surface area contributed by atoms with Crippen molar-refractivity contribution in [2.45, 2.75) is 82.1 Å². The summed E-state index contributed by atoms with van der Waals surface area (Å²) in [4.78, 5) is 14.6. The van der Waals surface area contributed by atoms with Gasteiger partial charge in [-0.2, -0.15) is 0 Å². The molecule has 3 nitrogen and oxygen atoms in total. The number of rotatable bonds is 8. The molecular weight excluding hydrogens is 418 g/mol. The Hall–Kier alpha value is -1.56. The Bertz CT molecular complexity index is 857. The van der Waals surface area contributed by atoms with Gasteiger partial charge in [-0.15, -0.1) is 11.8 Å². The van der Waals surface area contributed by atoms with Gasteiger partial charge in [0.15, 0.2) is 8.32 Å². The van der Waals surface area contributed by atoms with E-state index in [1.807, 2.05) is 19.9 Å². The predicted molar refractivity (Wildman–Crippen MR) is 136 cm³/mol. The van der Waals surface area contributed by atoms with Crippen molar-refractivity contribution in [3.8, 4) is 0 Å². The Balaban J connectivity index is 2.28. The average Bonchev–Trinajstić information content (AvgIpc) is 2.68. The van der Waals surface area contributed by atoms with Gasteiger partial charge in [0.1, 0.15) is 5.60 Å². The molecule has 0 radical (unpaired) electrons. The second kappa shape index (κ2) is 9.93. The summed E-state index contributed by atoms with van der Waals surface area (Å²) in [6, 6.07) is 18.9. The lowest BCUT2D eigenvalue weighted by molar-refractivity contribution is -0.135. The van der Waals surface area contributed by atoms with Crippen molar-refractivity contribution in [3.63, 3.8) is 0 Å². The molecule has 5 heteroatoms. The highest BCUT2D eigenvalue weighted by molar-refractivity contribution is 7.98. The minimum Gasteiger partial charge on any atom is -0.403 e. The predicted octanol–water partition coefficient (Wildman–Crippen LogP) is 6.85. The highest BCUT2D eigenvalue weighted by atomic mass is 32.2. The first-order valence-corrected chi connectivity index (χ1v) is 15.1. The smallest absolute Gasteiger partial charge is 0.250 e. The van der Waals surface area contributed by atoms with Crippen LogP contribution in [-0.2, 0) is 9.22 Å². The number of hydrogen-bond donors (Lipinski definition) is 1. The molecule has 0 spiro atoms. The summed E-state index contributed by atoms with van der Waals surface area (Å²) in [5.41, 5.74) is 1.50. The third kappa shape index (κ3) is 6.47. The maximum absolute atomic E-state index is 13.3. The van der Waals surface area contributed by atoms with Crippen molar-refractivity contribution in [2.24, 2.45) is 0 Å². The third-order valence-corrected chi connectivity index (χ3v) is 11.7. The quantitative estimate of drug-likeness (QED) is 0.348. The summed E-state index contributed by atoms with van der Waals surface area (Å²) in [6.07, 6.45) is 2.08. The van der Waals surface area contributed by atoms with Crippen LogP contribution in [0.4, 0.5) is 0 Å². The molecular formula is C26H39NO2SSi. The van der Waals surface area contributed by atoms with Crippen molar-refractivity contribution < 1.29 is 9.22 Å². The molecule has 170 valence electrons. The molecule has 0 saturated heterocycles. The molecule has 0 aliphatic carbocycles. The summed E-state index contributed by atoms with van der Waals surface area (Å²) < 4.78 is 6.50. The van der Waals surface area contributed by atoms with E-state index >= 15 is 0 Å². The fraction of sp³-hybridized carbons (Fsp3) is 0.500. The maximum atomic E-state index is 13.3. The first kappa shape index (κ1) is 25.7. The minimum absolute atomic E-state index is 0.0434. The number of benzene rings is 2. The number of amides is 1. The van der Waals surface area contributed by atoms with Gasteiger partial charge in [0.25, 0.3) is 5.91 Å². The van der Waals surface area contributed by atoms with Gasteiger partial charge >= 0.3 is 0 Å². The Labute approximate surface area is 194 Å². The molecule has 0 heterocycles. The van der Waals surface area contributed by atoms with E-state index in [1.54, 1.807) is 11.8 Å². The second-order valence-electron chi connectivity index (χ2n) is 10.3. The number of carbonyl (C=O) groups excluding carboxylic acids is 1. The van der Waals surface area contributed by atoms with Crippen molar-refractivity contribution >= 4 is 26.0 Å². The SMILES string of the molecule is CSc1ccc(C(c2ccccc2)C(C)NC(=O)C(C)(C)O[Si](C)(C)C(C)(C)C)cc1. The van der Waals surface area contributed by atoms with E-state index in [2.05, 4.69) is 101 Å². The summed E-state index contributed by atoms with van der Waals surface area (Å²) in [5, 5.41) is 3.32. The lowest BCUT2D eigenvalue weighted by Crippen LogP contribution is -2.55. The molecule has 0 saturated carbocycles. The molecule has 31 heavy (non-hydrogen) atoms. The fourth-order valence-corrected chi connectivity index (χ4v) is 5.63. The van der Waals surface area contributed by atoms with Gasteiger partial charge < -0.3 is 9.74 Å². The van der Waals surface area contributed by atoms with Gasteiger partial charge in [-0.3, -0.25) is 4.79 Å². The average molecular weight is 458 g/mol. The summed E-state index contributed by atoms with van der Waals surface area (Å²) >= 11 is 1.73. The van der Waals surface area contributed by atoms with E-state index in [0.717, 1.165) is 0 Å². The van der Waals surface area contributed by atoms with Crippen molar-refractivity contribution in [3.05, 3.63) is 65.7 Å². The van der Waals surface area contributed by atoms with Crippen LogP contribution in [0.3, 0.4) is 0 Å². The normalized spacial score (nSPS) is 14.7. The van der Waals surface area contributed by atoms with Crippen LogP contribution < -0.4 is 5.32 Å². The summed E-state index contributed by atoms with van der Waals surface area (Å²) in [6.45, 7) is 16.8. The molecule has 2 aromatic carbocycles. The van der Waals surface area contributed by atoms with Crippen LogP contribution >= 0.6 is 11.8 Å². The Morgan fingerprint density at radius 1 is 0.935 bits per heavy atom. The lowest BCUT2D eigenvalue weighted by Gasteiger charge is -2.42.